The summed E-state index contributed by atoms with van der Waals surface area (Å²) < 4.78 is 0. The highest BCUT2D eigenvalue weighted by Gasteiger charge is 2.24. The average Bonchev–Trinajstić information content (AvgIpc) is 2.63. The molecular weight excluding hydrogens is 346 g/mol. The molecule has 1 aromatic rings. The normalized spacial score (nSPS) is 12.7. The Balaban J connectivity index is 2.68. The second-order valence-electron chi connectivity index (χ2n) is 6.72. The van der Waals surface area contributed by atoms with Gasteiger partial charge in [-0.15, -0.1) is 0 Å². The highest BCUT2D eigenvalue weighted by Crippen LogP contribution is 2.08. The van der Waals surface area contributed by atoms with Gasteiger partial charge in [0.1, 0.15) is 12.3 Å². The van der Waals surface area contributed by atoms with Crippen LogP contribution >= 0.6 is 0 Å². The highest BCUT2D eigenvalue weighted by molar-refractivity contribution is 5.97. The van der Waals surface area contributed by atoms with E-state index < -0.39 is 12.1 Å². The number of rotatable bonds is 11. The lowest BCUT2D eigenvalue weighted by molar-refractivity contribution is -0.126. The first-order chi connectivity index (χ1) is 12.8. The zero-order chi connectivity index (χ0) is 20.2. The number of carbonyl (C=O) groups excluding carboxylic acids is 3. The number of nitrogens with two attached hydrogens (primary N) is 2. The van der Waals surface area contributed by atoms with E-state index in [1.54, 1.807) is 24.3 Å². The van der Waals surface area contributed by atoms with Gasteiger partial charge in [0.15, 0.2) is 5.96 Å². The molecule has 148 valence electrons. The van der Waals surface area contributed by atoms with Gasteiger partial charge in [0.2, 0.25) is 5.91 Å². The predicted octanol–water partition coefficient (Wildman–Crippen LogP) is 0.568. The summed E-state index contributed by atoms with van der Waals surface area (Å²) in [7, 11) is 0. The number of aldehydes is 1. The molecule has 8 heteroatoms. The molecule has 0 aliphatic heterocycles. The Kier molecular flexibility index (Phi) is 9.57. The third-order valence-electron chi connectivity index (χ3n) is 3.82. The minimum Gasteiger partial charge on any atom is -0.370 e. The van der Waals surface area contributed by atoms with E-state index in [4.69, 9.17) is 11.5 Å². The van der Waals surface area contributed by atoms with Gasteiger partial charge in [-0.1, -0.05) is 32.0 Å². The van der Waals surface area contributed by atoms with Crippen LogP contribution in [-0.4, -0.2) is 42.7 Å². The van der Waals surface area contributed by atoms with Crippen molar-refractivity contribution < 1.29 is 14.4 Å². The van der Waals surface area contributed by atoms with Crippen LogP contribution in [-0.2, 0) is 9.59 Å². The van der Waals surface area contributed by atoms with Crippen molar-refractivity contribution in [1.82, 2.24) is 10.6 Å². The van der Waals surface area contributed by atoms with Crippen molar-refractivity contribution >= 4 is 24.1 Å². The molecule has 0 aliphatic carbocycles. The molecule has 2 atom stereocenters. The third kappa shape index (κ3) is 8.84. The first-order valence-electron chi connectivity index (χ1n) is 9.00. The van der Waals surface area contributed by atoms with Gasteiger partial charge >= 0.3 is 0 Å². The Labute approximate surface area is 159 Å². The molecule has 0 aliphatic rings. The van der Waals surface area contributed by atoms with Gasteiger partial charge in [0, 0.05) is 12.1 Å². The van der Waals surface area contributed by atoms with E-state index in [-0.39, 0.29) is 23.7 Å². The van der Waals surface area contributed by atoms with Gasteiger partial charge in [-0.2, -0.15) is 0 Å². The fourth-order valence-corrected chi connectivity index (χ4v) is 2.51. The van der Waals surface area contributed by atoms with E-state index in [1.165, 1.54) is 0 Å². The van der Waals surface area contributed by atoms with Gasteiger partial charge in [-0.25, -0.2) is 0 Å². The lowest BCUT2D eigenvalue weighted by Gasteiger charge is -2.22. The maximum atomic E-state index is 12.6. The lowest BCUT2D eigenvalue weighted by atomic mass is 10.0. The van der Waals surface area contributed by atoms with Crippen molar-refractivity contribution in [3.63, 3.8) is 0 Å². The topological polar surface area (TPSA) is 140 Å². The van der Waals surface area contributed by atoms with Gasteiger partial charge in [-0.3, -0.25) is 14.6 Å². The van der Waals surface area contributed by atoms with E-state index >= 15 is 0 Å². The first-order valence-corrected chi connectivity index (χ1v) is 9.00. The van der Waals surface area contributed by atoms with Crippen molar-refractivity contribution in [2.45, 2.75) is 45.2 Å². The summed E-state index contributed by atoms with van der Waals surface area (Å²) >= 11 is 0. The maximum absolute atomic E-state index is 12.6. The van der Waals surface area contributed by atoms with E-state index in [0.717, 1.165) is 0 Å². The second-order valence-corrected chi connectivity index (χ2v) is 6.72. The Morgan fingerprint density at radius 2 is 1.81 bits per heavy atom. The van der Waals surface area contributed by atoms with E-state index in [2.05, 4.69) is 15.6 Å². The van der Waals surface area contributed by atoms with Crippen LogP contribution in [0.3, 0.4) is 0 Å². The smallest absolute Gasteiger partial charge is 0.251 e. The van der Waals surface area contributed by atoms with E-state index in [9.17, 15) is 14.4 Å². The average molecular weight is 375 g/mol. The number of nitrogens with zero attached hydrogens (tertiary/aromatic N) is 1. The third-order valence-corrected chi connectivity index (χ3v) is 3.82. The number of benzene rings is 1. The lowest BCUT2D eigenvalue weighted by Crippen LogP contribution is -2.50. The fourth-order valence-electron chi connectivity index (χ4n) is 2.51. The van der Waals surface area contributed by atoms with Crippen LogP contribution in [0.1, 0.15) is 43.5 Å². The van der Waals surface area contributed by atoms with Crippen molar-refractivity contribution in [1.29, 1.82) is 0 Å². The molecule has 1 aromatic carbocycles. The Morgan fingerprint density at radius 3 is 2.37 bits per heavy atom. The van der Waals surface area contributed by atoms with Gasteiger partial charge in [-0.05, 0) is 37.3 Å². The molecule has 0 unspecified atom stereocenters. The molecule has 0 spiro atoms. The number of aliphatic imine (C=N–C) groups is 1. The fraction of sp³-hybridized carbons (Fsp3) is 0.474. The maximum Gasteiger partial charge on any atom is 0.251 e. The zero-order valence-electron chi connectivity index (χ0n) is 15.9. The van der Waals surface area contributed by atoms with E-state index in [1.807, 2.05) is 19.9 Å². The number of hydrogen-bond acceptors (Lipinski definition) is 4. The van der Waals surface area contributed by atoms with Crippen molar-refractivity contribution in [2.24, 2.45) is 22.4 Å². The van der Waals surface area contributed by atoms with Crippen LogP contribution in [0.15, 0.2) is 35.3 Å². The summed E-state index contributed by atoms with van der Waals surface area (Å²) in [5, 5.41) is 5.44. The summed E-state index contributed by atoms with van der Waals surface area (Å²) in [5.41, 5.74) is 11.0. The number of guanidine groups is 1. The summed E-state index contributed by atoms with van der Waals surface area (Å²) in [6, 6.07) is 7.30. The Bertz CT molecular complexity index is 642. The molecule has 0 bridgehead atoms. The van der Waals surface area contributed by atoms with Crippen molar-refractivity contribution in [3.8, 4) is 0 Å². The molecule has 0 saturated heterocycles. The standard InChI is InChI=1S/C19H29N5O3/c1-13(2)11-16(24-17(26)14-7-4-3-5-8-14)18(27)23-15(12-25)9-6-10-22-19(20)21/h3-5,7-8,12-13,15-16H,6,9-11H2,1-2H3,(H,23,27)(H,24,26)(H4,20,21,22)/t15-,16-/m0/s1. The van der Waals surface area contributed by atoms with Crippen LogP contribution < -0.4 is 22.1 Å². The quantitative estimate of drug-likeness (QED) is 0.194. The molecule has 8 nitrogen and oxygen atoms in total. The molecular formula is C19H29N5O3. The Morgan fingerprint density at radius 1 is 1.15 bits per heavy atom. The minimum absolute atomic E-state index is 0.0117. The Hall–Kier alpha value is -2.90. The molecule has 27 heavy (non-hydrogen) atoms. The first kappa shape index (κ1) is 22.1. The van der Waals surface area contributed by atoms with Crippen LogP contribution in [0.5, 0.6) is 0 Å². The largest absolute Gasteiger partial charge is 0.370 e. The summed E-state index contributed by atoms with van der Waals surface area (Å²) in [6.45, 7) is 4.30. The number of hydrogen-bond donors (Lipinski definition) is 4. The number of carbonyl (C=O) groups is 3. The molecule has 1 rings (SSSR count). The molecule has 2 amide bonds. The summed E-state index contributed by atoms with van der Waals surface area (Å²) in [4.78, 5) is 40.1. The van der Waals surface area contributed by atoms with Crippen LogP contribution in [0.4, 0.5) is 0 Å². The molecule has 0 heterocycles. The molecule has 0 radical (unpaired) electrons. The SMILES string of the molecule is CC(C)C[C@H](NC(=O)c1ccccc1)C(=O)N[C@H](C=O)CCCN=C(N)N. The van der Waals surface area contributed by atoms with Gasteiger partial charge in [0.25, 0.3) is 5.91 Å². The van der Waals surface area contributed by atoms with E-state index in [0.29, 0.717) is 37.7 Å². The van der Waals surface area contributed by atoms with Gasteiger partial charge < -0.3 is 26.9 Å². The van der Waals surface area contributed by atoms with Crippen LogP contribution in [0.2, 0.25) is 0 Å². The molecule has 0 fully saturated rings. The monoisotopic (exact) mass is 375 g/mol. The second kappa shape index (κ2) is 11.7. The van der Waals surface area contributed by atoms with Crippen molar-refractivity contribution in [2.75, 3.05) is 6.54 Å². The minimum atomic E-state index is -0.724. The summed E-state index contributed by atoms with van der Waals surface area (Å²) in [5.74, 6) is -0.533. The number of nitrogens with one attached hydrogen (secondary N) is 2. The number of amides is 2. The van der Waals surface area contributed by atoms with Gasteiger partial charge in [0.05, 0.1) is 6.04 Å². The predicted molar refractivity (Wildman–Crippen MR) is 105 cm³/mol. The van der Waals surface area contributed by atoms with Crippen molar-refractivity contribution in [3.05, 3.63) is 35.9 Å². The van der Waals surface area contributed by atoms with Crippen LogP contribution in [0.25, 0.3) is 0 Å². The summed E-state index contributed by atoms with van der Waals surface area (Å²) in [6.07, 6.45) is 2.10. The molecule has 0 aromatic heterocycles. The molecule has 0 saturated carbocycles. The zero-order valence-corrected chi connectivity index (χ0v) is 15.9. The molecule has 6 N–H and O–H groups in total. The van der Waals surface area contributed by atoms with Crippen LogP contribution in [0, 0.1) is 5.92 Å². The highest BCUT2D eigenvalue weighted by atomic mass is 16.2.